The summed E-state index contributed by atoms with van der Waals surface area (Å²) in [4.78, 5) is 0.0113. The highest BCUT2D eigenvalue weighted by Gasteiger charge is 2.18. The van der Waals surface area contributed by atoms with Gasteiger partial charge in [0.15, 0.2) is 0 Å². The van der Waals surface area contributed by atoms with Crippen molar-refractivity contribution in [2.45, 2.75) is 16.7 Å². The van der Waals surface area contributed by atoms with Gasteiger partial charge in [-0.05, 0) is 61.5 Å². The van der Waals surface area contributed by atoms with Crippen LogP contribution in [0.3, 0.4) is 0 Å². The van der Waals surface area contributed by atoms with Gasteiger partial charge in [0.2, 0.25) is 0 Å². The summed E-state index contributed by atoms with van der Waals surface area (Å²) in [5, 5.41) is 0.482. The Balaban J connectivity index is 1.85. The molecule has 28 heavy (non-hydrogen) atoms. The van der Waals surface area contributed by atoms with E-state index in [0.29, 0.717) is 10.7 Å². The molecule has 0 atom stereocenters. The van der Waals surface area contributed by atoms with Crippen molar-refractivity contribution in [1.82, 2.24) is 0 Å². The summed E-state index contributed by atoms with van der Waals surface area (Å²) in [6.07, 6.45) is 0. The minimum absolute atomic E-state index is 0.0773. The Morgan fingerprint density at radius 2 is 1.25 bits per heavy atom. The van der Waals surface area contributed by atoms with Gasteiger partial charge < -0.3 is 0 Å². The molecule has 0 aliphatic rings. The molecule has 0 unspecified atom stereocenters. The second-order valence-electron chi connectivity index (χ2n) is 6.06. The van der Waals surface area contributed by atoms with E-state index in [4.69, 9.17) is 11.6 Å². The molecule has 3 rings (SSSR count). The predicted molar refractivity (Wildman–Crippen MR) is 111 cm³/mol. The van der Waals surface area contributed by atoms with Crippen molar-refractivity contribution < 1.29 is 16.8 Å². The average molecular weight is 437 g/mol. The number of hydrogen-bond donors (Lipinski definition) is 2. The van der Waals surface area contributed by atoms with Gasteiger partial charge in [-0.3, -0.25) is 9.44 Å². The highest BCUT2D eigenvalue weighted by atomic mass is 35.5. The first kappa shape index (κ1) is 20.2. The Morgan fingerprint density at radius 3 is 1.89 bits per heavy atom. The Bertz CT molecular complexity index is 1190. The fourth-order valence-corrected chi connectivity index (χ4v) is 4.67. The number of sulfonamides is 2. The molecular formula is C19H17ClN2O4S2. The minimum atomic E-state index is -3.90. The number of halogens is 1. The van der Waals surface area contributed by atoms with Gasteiger partial charge in [-0.2, -0.15) is 0 Å². The number of anilines is 2. The van der Waals surface area contributed by atoms with Gasteiger partial charge >= 0.3 is 0 Å². The van der Waals surface area contributed by atoms with Crippen molar-refractivity contribution in [3.8, 4) is 0 Å². The molecule has 146 valence electrons. The summed E-state index contributed by atoms with van der Waals surface area (Å²) in [5.74, 6) is 0. The van der Waals surface area contributed by atoms with Crippen molar-refractivity contribution in [2.75, 3.05) is 9.44 Å². The number of hydrogen-bond acceptors (Lipinski definition) is 4. The zero-order chi connectivity index (χ0) is 20.4. The number of rotatable bonds is 6. The van der Waals surface area contributed by atoms with Crippen LogP contribution in [0.4, 0.5) is 11.4 Å². The van der Waals surface area contributed by atoms with Crippen LogP contribution in [0.5, 0.6) is 0 Å². The van der Waals surface area contributed by atoms with Crippen LogP contribution in [0.1, 0.15) is 5.56 Å². The lowest BCUT2D eigenvalue weighted by molar-refractivity contribution is 0.598. The molecule has 0 spiro atoms. The zero-order valence-corrected chi connectivity index (χ0v) is 17.1. The number of nitrogens with one attached hydrogen (secondary N) is 2. The van der Waals surface area contributed by atoms with E-state index >= 15 is 0 Å². The third kappa shape index (κ3) is 4.83. The van der Waals surface area contributed by atoms with Gasteiger partial charge in [-0.1, -0.05) is 35.4 Å². The van der Waals surface area contributed by atoms with E-state index < -0.39 is 20.0 Å². The summed E-state index contributed by atoms with van der Waals surface area (Å²) < 4.78 is 55.0. The topological polar surface area (TPSA) is 92.3 Å². The second-order valence-corrected chi connectivity index (χ2v) is 9.86. The van der Waals surface area contributed by atoms with Crippen molar-refractivity contribution >= 4 is 43.0 Å². The summed E-state index contributed by atoms with van der Waals surface area (Å²) in [6, 6.07) is 18.1. The van der Waals surface area contributed by atoms with E-state index in [1.54, 1.807) is 24.3 Å². The highest BCUT2D eigenvalue weighted by Crippen LogP contribution is 2.22. The first-order valence-electron chi connectivity index (χ1n) is 8.14. The van der Waals surface area contributed by atoms with Crippen LogP contribution < -0.4 is 9.44 Å². The van der Waals surface area contributed by atoms with E-state index in [-0.39, 0.29) is 15.5 Å². The Labute approximate surface area is 169 Å². The van der Waals surface area contributed by atoms with Crippen LogP contribution in [0.25, 0.3) is 0 Å². The standard InChI is InChI=1S/C19H17ClN2O4S2/c1-14-5-11-18(12-6-14)27(23,24)22-17-3-2-4-19(13-17)28(25,26)21-16-9-7-15(20)8-10-16/h2-13,21-22H,1H3. The lowest BCUT2D eigenvalue weighted by atomic mass is 10.2. The third-order valence-electron chi connectivity index (χ3n) is 3.82. The van der Waals surface area contributed by atoms with Crippen LogP contribution >= 0.6 is 11.6 Å². The minimum Gasteiger partial charge on any atom is -0.280 e. The van der Waals surface area contributed by atoms with Gasteiger partial charge in [0.1, 0.15) is 0 Å². The lowest BCUT2D eigenvalue weighted by Gasteiger charge is -2.11. The van der Waals surface area contributed by atoms with Gasteiger partial charge in [0.05, 0.1) is 15.5 Å². The largest absolute Gasteiger partial charge is 0.280 e. The molecule has 0 aromatic heterocycles. The van der Waals surface area contributed by atoms with Crippen LogP contribution in [0.2, 0.25) is 5.02 Å². The summed E-state index contributed by atoms with van der Waals surface area (Å²) in [5.41, 5.74) is 1.41. The van der Waals surface area contributed by atoms with Crippen LogP contribution in [-0.2, 0) is 20.0 Å². The number of aryl methyl sites for hydroxylation is 1. The van der Waals surface area contributed by atoms with Crippen LogP contribution in [0.15, 0.2) is 82.6 Å². The predicted octanol–water partition coefficient (Wildman–Crippen LogP) is 4.25. The first-order valence-corrected chi connectivity index (χ1v) is 11.5. The van der Waals surface area contributed by atoms with Crippen molar-refractivity contribution in [2.24, 2.45) is 0 Å². The molecule has 3 aromatic rings. The maximum atomic E-state index is 12.6. The molecule has 0 fully saturated rings. The molecule has 0 aliphatic heterocycles. The molecule has 0 saturated heterocycles. The fourth-order valence-electron chi connectivity index (χ4n) is 2.39. The van der Waals surface area contributed by atoms with Crippen molar-refractivity contribution in [3.63, 3.8) is 0 Å². The van der Waals surface area contributed by atoms with Gasteiger partial charge in [-0.15, -0.1) is 0 Å². The van der Waals surface area contributed by atoms with E-state index in [9.17, 15) is 16.8 Å². The third-order valence-corrected chi connectivity index (χ3v) is 6.85. The molecule has 0 amide bonds. The lowest BCUT2D eigenvalue weighted by Crippen LogP contribution is -2.15. The van der Waals surface area contributed by atoms with E-state index in [1.807, 2.05) is 6.92 Å². The zero-order valence-electron chi connectivity index (χ0n) is 14.8. The molecule has 0 saturated carbocycles. The van der Waals surface area contributed by atoms with Gasteiger partial charge in [-0.25, -0.2) is 16.8 Å². The Morgan fingerprint density at radius 1 is 0.679 bits per heavy atom. The van der Waals surface area contributed by atoms with Crippen molar-refractivity contribution in [3.05, 3.63) is 83.4 Å². The van der Waals surface area contributed by atoms with Gasteiger partial charge in [0.25, 0.3) is 20.0 Å². The molecule has 0 bridgehead atoms. The molecule has 0 radical (unpaired) electrons. The fraction of sp³-hybridized carbons (Fsp3) is 0.0526. The molecule has 2 N–H and O–H groups in total. The first-order chi connectivity index (χ1) is 13.2. The van der Waals surface area contributed by atoms with Crippen LogP contribution in [-0.4, -0.2) is 16.8 Å². The average Bonchev–Trinajstić information content (AvgIpc) is 2.64. The summed E-state index contributed by atoms with van der Waals surface area (Å²) in [6.45, 7) is 1.85. The normalized spacial score (nSPS) is 11.8. The molecule has 3 aromatic carbocycles. The highest BCUT2D eigenvalue weighted by molar-refractivity contribution is 7.93. The molecule has 6 nitrogen and oxygen atoms in total. The molecule has 0 aliphatic carbocycles. The van der Waals surface area contributed by atoms with Gasteiger partial charge in [0, 0.05) is 10.7 Å². The van der Waals surface area contributed by atoms with E-state index in [0.717, 1.165) is 5.56 Å². The van der Waals surface area contributed by atoms with Crippen LogP contribution in [0, 0.1) is 6.92 Å². The Kier molecular flexibility index (Phi) is 5.64. The maximum absolute atomic E-state index is 12.6. The smallest absolute Gasteiger partial charge is 0.261 e. The number of benzene rings is 3. The van der Waals surface area contributed by atoms with Crippen molar-refractivity contribution in [1.29, 1.82) is 0 Å². The molecule has 9 heteroatoms. The monoisotopic (exact) mass is 436 g/mol. The van der Waals surface area contributed by atoms with E-state index in [2.05, 4.69) is 9.44 Å². The maximum Gasteiger partial charge on any atom is 0.261 e. The molecular weight excluding hydrogens is 420 g/mol. The second kappa shape index (κ2) is 7.83. The molecule has 0 heterocycles. The van der Waals surface area contributed by atoms with E-state index in [1.165, 1.54) is 48.5 Å². The summed E-state index contributed by atoms with van der Waals surface area (Å²) in [7, 11) is -7.74. The Hall–Kier alpha value is -2.55. The quantitative estimate of drug-likeness (QED) is 0.604. The summed E-state index contributed by atoms with van der Waals surface area (Å²) >= 11 is 5.80. The SMILES string of the molecule is Cc1ccc(S(=O)(=O)Nc2cccc(S(=O)(=O)Nc3ccc(Cl)cc3)c2)cc1.